The van der Waals surface area contributed by atoms with Crippen LogP contribution in [-0.4, -0.2) is 15.8 Å². The fraction of sp³-hybridized carbons (Fsp3) is 0. The van der Waals surface area contributed by atoms with E-state index in [0.717, 1.165) is 52.6 Å². The van der Waals surface area contributed by atoms with Crippen molar-refractivity contribution in [2.24, 2.45) is 0 Å². The molecule has 0 fully saturated rings. The van der Waals surface area contributed by atoms with Crippen molar-refractivity contribution in [1.82, 2.24) is 9.97 Å². The molecule has 152 valence electrons. The Morgan fingerprint density at radius 3 is 2.06 bits per heavy atom. The third kappa shape index (κ3) is 2.96. The highest BCUT2D eigenvalue weighted by Crippen LogP contribution is 2.37. The second-order valence-electron chi connectivity index (χ2n) is 7.64. The Labute approximate surface area is 200 Å². The highest BCUT2D eigenvalue weighted by atomic mass is 79.9. The van der Waals surface area contributed by atoms with Crippen molar-refractivity contribution in [2.75, 3.05) is 0 Å². The molecule has 0 saturated carbocycles. The molecule has 0 radical (unpaired) electrons. The number of carbonyl (C=O) groups excluding carboxylic acids is 1. The zero-order valence-electron chi connectivity index (χ0n) is 16.6. The zero-order valence-corrected chi connectivity index (χ0v) is 19.8. The number of benzene rings is 5. The van der Waals surface area contributed by atoms with Crippen LogP contribution >= 0.6 is 31.9 Å². The number of carbonyl (C=O) groups is 1. The van der Waals surface area contributed by atoms with E-state index in [1.807, 2.05) is 66.7 Å². The van der Waals surface area contributed by atoms with E-state index < -0.39 is 0 Å². The van der Waals surface area contributed by atoms with Gasteiger partial charge < -0.3 is 0 Å². The summed E-state index contributed by atoms with van der Waals surface area (Å²) in [5, 5.41) is 3.91. The number of halogens is 2. The van der Waals surface area contributed by atoms with E-state index in [2.05, 4.69) is 50.1 Å². The molecule has 0 aliphatic heterocycles. The normalized spacial score (nSPS) is 11.6. The molecule has 1 heterocycles. The molecule has 3 nitrogen and oxygen atoms in total. The Bertz CT molecular complexity index is 1730. The second kappa shape index (κ2) is 7.47. The molecule has 32 heavy (non-hydrogen) atoms. The van der Waals surface area contributed by atoms with E-state index in [-0.39, 0.29) is 5.78 Å². The van der Waals surface area contributed by atoms with Crippen molar-refractivity contribution in [2.45, 2.75) is 0 Å². The van der Waals surface area contributed by atoms with Gasteiger partial charge in [-0.1, -0.05) is 86.5 Å². The number of ketones is 1. The van der Waals surface area contributed by atoms with E-state index in [9.17, 15) is 4.79 Å². The summed E-state index contributed by atoms with van der Waals surface area (Å²) in [6.07, 6.45) is 0. The summed E-state index contributed by atoms with van der Waals surface area (Å²) >= 11 is 7.04. The lowest BCUT2D eigenvalue weighted by atomic mass is 9.92. The van der Waals surface area contributed by atoms with Gasteiger partial charge in [0.05, 0.1) is 22.1 Å². The van der Waals surface area contributed by atoms with Gasteiger partial charge in [-0.15, -0.1) is 0 Å². The largest absolute Gasteiger partial charge is 0.289 e. The van der Waals surface area contributed by atoms with Gasteiger partial charge in [-0.05, 0) is 41.1 Å². The fourth-order valence-electron chi connectivity index (χ4n) is 4.32. The van der Waals surface area contributed by atoms with Crippen LogP contribution in [0.1, 0.15) is 15.9 Å². The molecule has 0 N–H and O–H groups in total. The van der Waals surface area contributed by atoms with Crippen molar-refractivity contribution in [1.29, 1.82) is 0 Å². The molecular weight excluding hydrogens is 528 g/mol. The lowest BCUT2D eigenvalue weighted by Gasteiger charge is -2.14. The summed E-state index contributed by atoms with van der Waals surface area (Å²) in [4.78, 5) is 23.7. The predicted octanol–water partition coefficient (Wildman–Crippen LogP) is 7.85. The van der Waals surface area contributed by atoms with Crippen molar-refractivity contribution >= 4 is 81.3 Å². The van der Waals surface area contributed by atoms with Gasteiger partial charge in [-0.2, -0.15) is 0 Å². The minimum atomic E-state index is -0.0599. The molecule has 0 aliphatic rings. The number of hydrogen-bond acceptors (Lipinski definition) is 3. The lowest BCUT2D eigenvalue weighted by Crippen LogP contribution is -2.04. The number of para-hydroxylation sites is 2. The summed E-state index contributed by atoms with van der Waals surface area (Å²) in [6, 6.07) is 27.5. The average molecular weight is 542 g/mol. The van der Waals surface area contributed by atoms with Gasteiger partial charge >= 0.3 is 0 Å². The fourth-order valence-corrected chi connectivity index (χ4v) is 5.11. The monoisotopic (exact) mass is 540 g/mol. The van der Waals surface area contributed by atoms with Crippen LogP contribution in [0, 0.1) is 0 Å². The van der Waals surface area contributed by atoms with E-state index in [0.29, 0.717) is 11.1 Å². The second-order valence-corrected chi connectivity index (χ2v) is 9.41. The maximum Gasteiger partial charge on any atom is 0.194 e. The van der Waals surface area contributed by atoms with Gasteiger partial charge in [0.15, 0.2) is 5.78 Å². The summed E-state index contributed by atoms with van der Waals surface area (Å²) in [5.74, 6) is -0.0599. The van der Waals surface area contributed by atoms with Crippen LogP contribution in [0.5, 0.6) is 0 Å². The van der Waals surface area contributed by atoms with E-state index in [4.69, 9.17) is 9.97 Å². The number of fused-ring (bicyclic) bond motifs is 7. The highest BCUT2D eigenvalue weighted by Gasteiger charge is 2.20. The van der Waals surface area contributed by atoms with Gasteiger partial charge in [0.2, 0.25) is 0 Å². The van der Waals surface area contributed by atoms with Gasteiger partial charge in [-0.25, -0.2) is 9.97 Å². The first-order valence-corrected chi connectivity index (χ1v) is 11.7. The molecule has 6 rings (SSSR count). The van der Waals surface area contributed by atoms with Gasteiger partial charge in [0.1, 0.15) is 0 Å². The summed E-state index contributed by atoms with van der Waals surface area (Å²) in [6.45, 7) is 0. The maximum atomic E-state index is 13.8. The third-order valence-corrected chi connectivity index (χ3v) is 6.95. The number of hydrogen-bond donors (Lipinski definition) is 0. The molecule has 1 aromatic heterocycles. The average Bonchev–Trinajstić information content (AvgIpc) is 2.84. The molecule has 5 aromatic carbocycles. The standard InChI is InChI=1S/C27H14Br2N2O/c28-15-12-13-21(29)20(14-15)27(32)19-9-5-8-17-16-6-1-2-7-18(16)25-26(24(17)19)31-23-11-4-3-10-22(23)30-25/h1-14H. The summed E-state index contributed by atoms with van der Waals surface area (Å²) < 4.78 is 1.61. The van der Waals surface area contributed by atoms with Crippen molar-refractivity contribution in [3.63, 3.8) is 0 Å². The minimum absolute atomic E-state index is 0.0599. The smallest absolute Gasteiger partial charge is 0.194 e. The molecule has 0 saturated heterocycles. The van der Waals surface area contributed by atoms with Crippen LogP contribution in [0.2, 0.25) is 0 Å². The number of nitrogens with zero attached hydrogens (tertiary/aromatic N) is 2. The zero-order chi connectivity index (χ0) is 21.8. The highest BCUT2D eigenvalue weighted by molar-refractivity contribution is 9.11. The van der Waals surface area contributed by atoms with Gasteiger partial charge in [-0.3, -0.25) is 4.79 Å². The van der Waals surface area contributed by atoms with Crippen molar-refractivity contribution < 1.29 is 4.79 Å². The molecule has 0 unspecified atom stereocenters. The molecule has 0 atom stereocenters. The van der Waals surface area contributed by atoms with E-state index in [1.54, 1.807) is 0 Å². The van der Waals surface area contributed by atoms with Crippen LogP contribution in [0.3, 0.4) is 0 Å². The number of aromatic nitrogens is 2. The molecule has 6 aromatic rings. The lowest BCUT2D eigenvalue weighted by molar-refractivity contribution is 0.103. The first-order chi connectivity index (χ1) is 15.6. The molecule has 0 amide bonds. The Morgan fingerprint density at radius 2 is 1.28 bits per heavy atom. The SMILES string of the molecule is O=C(c1cc(Br)ccc1Br)c1cccc2c3ccccc3c3nc4ccccc4nc3c12. The predicted molar refractivity (Wildman–Crippen MR) is 137 cm³/mol. The van der Waals surface area contributed by atoms with Crippen molar-refractivity contribution in [3.05, 3.63) is 105 Å². The van der Waals surface area contributed by atoms with Crippen molar-refractivity contribution in [3.8, 4) is 0 Å². The first-order valence-electron chi connectivity index (χ1n) is 10.1. The van der Waals surface area contributed by atoms with Crippen LogP contribution in [-0.2, 0) is 0 Å². The summed E-state index contributed by atoms with van der Waals surface area (Å²) in [5.41, 5.74) is 4.40. The Morgan fingerprint density at radius 1 is 0.625 bits per heavy atom. The topological polar surface area (TPSA) is 42.9 Å². The Kier molecular flexibility index (Phi) is 4.56. The maximum absolute atomic E-state index is 13.8. The minimum Gasteiger partial charge on any atom is -0.289 e. The number of rotatable bonds is 2. The molecule has 0 aliphatic carbocycles. The van der Waals surface area contributed by atoms with Crippen LogP contribution in [0.15, 0.2) is 93.9 Å². The molecule has 0 spiro atoms. The molecule has 5 heteroatoms. The molecule has 0 bridgehead atoms. The van der Waals surface area contributed by atoms with E-state index >= 15 is 0 Å². The van der Waals surface area contributed by atoms with Gasteiger partial charge in [0, 0.05) is 30.8 Å². The quantitative estimate of drug-likeness (QED) is 0.127. The van der Waals surface area contributed by atoms with Crippen LogP contribution < -0.4 is 0 Å². The van der Waals surface area contributed by atoms with E-state index in [1.165, 1.54) is 0 Å². The Hall–Kier alpha value is -3.15. The summed E-state index contributed by atoms with van der Waals surface area (Å²) in [7, 11) is 0. The Balaban J connectivity index is 1.81. The molecular formula is C27H14Br2N2O. The van der Waals surface area contributed by atoms with Crippen LogP contribution in [0.4, 0.5) is 0 Å². The van der Waals surface area contributed by atoms with Gasteiger partial charge in [0.25, 0.3) is 0 Å². The first kappa shape index (κ1) is 19.5. The van der Waals surface area contributed by atoms with Crippen LogP contribution in [0.25, 0.3) is 43.6 Å². The third-order valence-electron chi connectivity index (χ3n) is 5.76.